The predicted octanol–water partition coefficient (Wildman–Crippen LogP) is 2.19. The van der Waals surface area contributed by atoms with Crippen molar-refractivity contribution in [2.45, 2.75) is 37.8 Å². The van der Waals surface area contributed by atoms with E-state index < -0.39 is 11.7 Å². The number of benzene rings is 2. The lowest BCUT2D eigenvalue weighted by Gasteiger charge is -2.32. The molecule has 1 saturated heterocycles. The molecular formula is C25H27N3O5. The molecule has 1 unspecified atom stereocenters. The fourth-order valence-electron chi connectivity index (χ4n) is 5.57. The first-order valence-corrected chi connectivity index (χ1v) is 11.3. The van der Waals surface area contributed by atoms with E-state index in [1.807, 2.05) is 12.1 Å². The summed E-state index contributed by atoms with van der Waals surface area (Å²) in [5, 5.41) is 4.00. The molecule has 1 fully saturated rings. The van der Waals surface area contributed by atoms with Crippen LogP contribution in [0.1, 0.15) is 40.2 Å². The molecule has 2 aliphatic rings. The molecule has 1 aliphatic heterocycles. The number of carbonyl (C=O) groups excluding carboxylic acids is 1. The van der Waals surface area contributed by atoms with Gasteiger partial charge in [-0.05, 0) is 67.1 Å². The van der Waals surface area contributed by atoms with Gasteiger partial charge in [0.1, 0.15) is 5.75 Å². The summed E-state index contributed by atoms with van der Waals surface area (Å²) >= 11 is 0. The normalized spacial score (nSPS) is 21.5. The molecule has 8 nitrogen and oxygen atoms in total. The summed E-state index contributed by atoms with van der Waals surface area (Å²) in [5.74, 6) is 1.29. The van der Waals surface area contributed by atoms with Crippen LogP contribution in [0, 0.1) is 5.92 Å². The lowest BCUT2D eigenvalue weighted by atomic mass is 9.73. The minimum absolute atomic E-state index is 0.171. The highest BCUT2D eigenvalue weighted by Gasteiger charge is 2.40. The topological polar surface area (TPSA) is 102 Å². The van der Waals surface area contributed by atoms with E-state index in [1.165, 1.54) is 34.9 Å². The zero-order chi connectivity index (χ0) is 23.1. The average Bonchev–Trinajstić information content (AvgIpc) is 3.26. The standard InChI is InChI=1S/C25H27N3O5/c1-32-21-5-3-4-17-16(21)8-7-15-13-26-19(22(15)17)10-11-28-23(29)18-9-6-14(24(30)33-2)12-20(18)27-25(28)31/h3-6,9,12,15,19,22,26H,7-8,10-11,13H2,1-2H3,(H,27,31)/t15-,19?,22-/m1/s1. The summed E-state index contributed by atoms with van der Waals surface area (Å²) in [4.78, 5) is 40.3. The van der Waals surface area contributed by atoms with Gasteiger partial charge in [-0.25, -0.2) is 9.59 Å². The number of hydrogen-bond donors (Lipinski definition) is 2. The first-order chi connectivity index (χ1) is 16.0. The smallest absolute Gasteiger partial charge is 0.337 e. The van der Waals surface area contributed by atoms with Gasteiger partial charge in [-0.3, -0.25) is 9.36 Å². The summed E-state index contributed by atoms with van der Waals surface area (Å²) < 4.78 is 11.6. The SMILES string of the molecule is COC(=O)c1ccc2c(=O)n(CCC3NC[C@H]4CCc5c(OC)cccc5[C@H]34)c(=O)[nH]c2c1. The zero-order valence-corrected chi connectivity index (χ0v) is 18.7. The minimum Gasteiger partial charge on any atom is -0.496 e. The molecule has 172 valence electrons. The molecule has 0 bridgehead atoms. The number of methoxy groups -OCH3 is 2. The second kappa shape index (κ2) is 8.51. The van der Waals surface area contributed by atoms with Crippen molar-refractivity contribution in [2.75, 3.05) is 20.8 Å². The second-order valence-electron chi connectivity index (χ2n) is 8.79. The molecule has 0 spiro atoms. The monoisotopic (exact) mass is 449 g/mol. The third-order valence-corrected chi connectivity index (χ3v) is 7.16. The first-order valence-electron chi connectivity index (χ1n) is 11.3. The van der Waals surface area contributed by atoms with Crippen LogP contribution in [0.15, 0.2) is 46.0 Å². The Morgan fingerprint density at radius 2 is 2.03 bits per heavy atom. The van der Waals surface area contributed by atoms with Gasteiger partial charge in [0.2, 0.25) is 0 Å². The van der Waals surface area contributed by atoms with Crippen LogP contribution in [-0.2, 0) is 17.7 Å². The Morgan fingerprint density at radius 1 is 1.18 bits per heavy atom. The molecule has 0 radical (unpaired) electrons. The van der Waals surface area contributed by atoms with Gasteiger partial charge in [-0.1, -0.05) is 12.1 Å². The Balaban J connectivity index is 1.42. The molecule has 3 atom stereocenters. The number of hydrogen-bond acceptors (Lipinski definition) is 6. The predicted molar refractivity (Wildman–Crippen MR) is 124 cm³/mol. The highest BCUT2D eigenvalue weighted by molar-refractivity contribution is 5.93. The maximum Gasteiger partial charge on any atom is 0.337 e. The van der Waals surface area contributed by atoms with Crippen molar-refractivity contribution in [3.05, 3.63) is 73.9 Å². The van der Waals surface area contributed by atoms with E-state index in [9.17, 15) is 14.4 Å². The summed E-state index contributed by atoms with van der Waals surface area (Å²) in [7, 11) is 2.99. The van der Waals surface area contributed by atoms with Gasteiger partial charge in [0.05, 0.1) is 30.7 Å². The van der Waals surface area contributed by atoms with E-state index in [4.69, 9.17) is 9.47 Å². The van der Waals surface area contributed by atoms with Crippen molar-refractivity contribution in [1.29, 1.82) is 0 Å². The van der Waals surface area contributed by atoms with Crippen LogP contribution >= 0.6 is 0 Å². The molecule has 1 aliphatic carbocycles. The number of nitrogens with one attached hydrogen (secondary N) is 2. The summed E-state index contributed by atoms with van der Waals surface area (Å²) in [6.07, 6.45) is 2.76. The molecule has 3 aromatic rings. The summed E-state index contributed by atoms with van der Waals surface area (Å²) in [5.41, 5.74) is 2.37. The van der Waals surface area contributed by atoms with E-state index in [-0.39, 0.29) is 17.2 Å². The number of fused-ring (bicyclic) bond motifs is 4. The Morgan fingerprint density at radius 3 is 2.82 bits per heavy atom. The number of esters is 1. The van der Waals surface area contributed by atoms with E-state index in [0.717, 1.165) is 25.1 Å². The fourth-order valence-corrected chi connectivity index (χ4v) is 5.57. The number of aromatic nitrogens is 2. The number of H-pyrrole nitrogens is 1. The number of carbonyl (C=O) groups is 1. The molecular weight excluding hydrogens is 422 g/mol. The Bertz CT molecular complexity index is 1340. The number of ether oxygens (including phenoxy) is 2. The molecule has 8 heteroatoms. The van der Waals surface area contributed by atoms with Crippen molar-refractivity contribution < 1.29 is 14.3 Å². The molecule has 0 saturated carbocycles. The molecule has 1 aromatic heterocycles. The van der Waals surface area contributed by atoms with Crippen molar-refractivity contribution in [3.8, 4) is 5.75 Å². The largest absolute Gasteiger partial charge is 0.496 e. The van der Waals surface area contributed by atoms with Crippen LogP contribution in [-0.4, -0.2) is 42.3 Å². The van der Waals surface area contributed by atoms with Gasteiger partial charge in [-0.15, -0.1) is 0 Å². The van der Waals surface area contributed by atoms with E-state index in [2.05, 4.69) is 16.4 Å². The zero-order valence-electron chi connectivity index (χ0n) is 18.7. The lowest BCUT2D eigenvalue weighted by Crippen LogP contribution is -2.38. The fraction of sp³-hybridized carbons (Fsp3) is 0.400. The van der Waals surface area contributed by atoms with E-state index in [0.29, 0.717) is 35.7 Å². The van der Waals surface area contributed by atoms with Gasteiger partial charge in [0.25, 0.3) is 5.56 Å². The van der Waals surface area contributed by atoms with Crippen LogP contribution in [0.2, 0.25) is 0 Å². The Hall–Kier alpha value is -3.39. The van der Waals surface area contributed by atoms with Crippen molar-refractivity contribution in [2.24, 2.45) is 5.92 Å². The molecule has 2 aromatic carbocycles. The Kier molecular flexibility index (Phi) is 5.54. The first kappa shape index (κ1) is 21.5. The third-order valence-electron chi connectivity index (χ3n) is 7.16. The van der Waals surface area contributed by atoms with Gasteiger partial charge >= 0.3 is 11.7 Å². The average molecular weight is 450 g/mol. The van der Waals surface area contributed by atoms with E-state index in [1.54, 1.807) is 13.2 Å². The van der Waals surface area contributed by atoms with Crippen LogP contribution in [0.3, 0.4) is 0 Å². The van der Waals surface area contributed by atoms with Crippen molar-refractivity contribution >= 4 is 16.9 Å². The molecule has 2 N–H and O–H groups in total. The highest BCUT2D eigenvalue weighted by atomic mass is 16.5. The van der Waals surface area contributed by atoms with Gasteiger partial charge < -0.3 is 19.8 Å². The number of rotatable bonds is 5. The number of aromatic amines is 1. The summed E-state index contributed by atoms with van der Waals surface area (Å²) in [6.45, 7) is 1.24. The van der Waals surface area contributed by atoms with Crippen LogP contribution < -0.4 is 21.3 Å². The minimum atomic E-state index is -0.520. The maximum absolute atomic E-state index is 13.1. The van der Waals surface area contributed by atoms with Crippen LogP contribution in [0.4, 0.5) is 0 Å². The van der Waals surface area contributed by atoms with Crippen molar-refractivity contribution in [1.82, 2.24) is 14.9 Å². The van der Waals surface area contributed by atoms with Crippen LogP contribution in [0.5, 0.6) is 5.75 Å². The molecule has 0 amide bonds. The summed E-state index contributed by atoms with van der Waals surface area (Å²) in [6, 6.07) is 11.0. The maximum atomic E-state index is 13.1. The quantitative estimate of drug-likeness (QED) is 0.579. The van der Waals surface area contributed by atoms with Gasteiger partial charge in [-0.2, -0.15) is 0 Å². The molecule has 33 heavy (non-hydrogen) atoms. The molecule has 5 rings (SSSR count). The van der Waals surface area contributed by atoms with E-state index >= 15 is 0 Å². The highest BCUT2D eigenvalue weighted by Crippen LogP contribution is 2.45. The second-order valence-corrected chi connectivity index (χ2v) is 8.79. The van der Waals surface area contributed by atoms with Gasteiger partial charge in [0, 0.05) is 18.5 Å². The number of nitrogens with zero attached hydrogens (tertiary/aromatic N) is 1. The van der Waals surface area contributed by atoms with Gasteiger partial charge in [0.15, 0.2) is 0 Å². The van der Waals surface area contributed by atoms with Crippen LogP contribution in [0.25, 0.3) is 10.9 Å². The Labute approximate surface area is 190 Å². The lowest BCUT2D eigenvalue weighted by molar-refractivity contribution is 0.0601. The van der Waals surface area contributed by atoms with Crippen molar-refractivity contribution in [3.63, 3.8) is 0 Å². The third kappa shape index (κ3) is 3.64. The molecule has 2 heterocycles.